The molecule has 0 aliphatic heterocycles. The van der Waals surface area contributed by atoms with Crippen molar-refractivity contribution in [2.45, 2.75) is 13.0 Å². The Balaban J connectivity index is 2.37. The highest BCUT2D eigenvalue weighted by Crippen LogP contribution is 2.28. The van der Waals surface area contributed by atoms with Crippen molar-refractivity contribution >= 4 is 5.91 Å². The molecule has 0 bridgehead atoms. The number of nitrogens with zero attached hydrogens (tertiary/aromatic N) is 2. The maximum absolute atomic E-state index is 11.9. The summed E-state index contributed by atoms with van der Waals surface area (Å²) in [5, 5.41) is 9.58. The SMILES string of the molecule is CNCC(=O)NC(c1noc(C)n1)c1ccccc1OC. The summed E-state index contributed by atoms with van der Waals surface area (Å²) in [6, 6.07) is 6.87. The van der Waals surface area contributed by atoms with Gasteiger partial charge in [0.2, 0.25) is 11.8 Å². The molecule has 1 aromatic carbocycles. The summed E-state index contributed by atoms with van der Waals surface area (Å²) in [6.07, 6.45) is 0. The third-order valence-electron chi connectivity index (χ3n) is 2.89. The van der Waals surface area contributed by atoms with Crippen LogP contribution < -0.4 is 15.4 Å². The standard InChI is InChI=1S/C14H18N4O3/c1-9-16-14(18-21-9)13(17-12(19)8-15-2)10-6-4-5-7-11(10)20-3/h4-7,13,15H,8H2,1-3H3,(H,17,19). The monoisotopic (exact) mass is 290 g/mol. The first-order chi connectivity index (χ1) is 10.2. The first kappa shape index (κ1) is 15.0. The van der Waals surface area contributed by atoms with Crippen molar-refractivity contribution in [3.05, 3.63) is 41.5 Å². The van der Waals surface area contributed by atoms with E-state index in [0.717, 1.165) is 5.56 Å². The summed E-state index contributed by atoms with van der Waals surface area (Å²) in [7, 11) is 3.28. The van der Waals surface area contributed by atoms with E-state index in [-0.39, 0.29) is 12.5 Å². The summed E-state index contributed by atoms with van der Waals surface area (Å²) < 4.78 is 10.4. The predicted molar refractivity (Wildman–Crippen MR) is 75.9 cm³/mol. The molecular weight excluding hydrogens is 272 g/mol. The van der Waals surface area contributed by atoms with Crippen LogP contribution in [0, 0.1) is 6.92 Å². The Morgan fingerprint density at radius 1 is 1.43 bits per heavy atom. The molecule has 0 aliphatic carbocycles. The second-order valence-electron chi connectivity index (χ2n) is 4.44. The number of aryl methyl sites for hydroxylation is 1. The molecule has 1 amide bonds. The number of hydrogen-bond acceptors (Lipinski definition) is 6. The molecule has 0 aliphatic rings. The lowest BCUT2D eigenvalue weighted by molar-refractivity contribution is -0.120. The van der Waals surface area contributed by atoms with E-state index in [4.69, 9.17) is 9.26 Å². The zero-order chi connectivity index (χ0) is 15.2. The zero-order valence-corrected chi connectivity index (χ0v) is 12.2. The highest BCUT2D eigenvalue weighted by atomic mass is 16.5. The van der Waals surface area contributed by atoms with Crippen molar-refractivity contribution in [1.82, 2.24) is 20.8 Å². The molecule has 0 saturated carbocycles. The van der Waals surface area contributed by atoms with E-state index < -0.39 is 6.04 Å². The number of benzene rings is 1. The zero-order valence-electron chi connectivity index (χ0n) is 12.2. The molecule has 2 aromatic rings. The molecule has 0 radical (unpaired) electrons. The Bertz CT molecular complexity index is 612. The van der Waals surface area contributed by atoms with Crippen LogP contribution in [0.2, 0.25) is 0 Å². The molecule has 21 heavy (non-hydrogen) atoms. The van der Waals surface area contributed by atoms with Crippen LogP contribution in [-0.2, 0) is 4.79 Å². The van der Waals surface area contributed by atoms with Gasteiger partial charge in [0.05, 0.1) is 13.7 Å². The van der Waals surface area contributed by atoms with Crippen molar-refractivity contribution in [2.75, 3.05) is 20.7 Å². The largest absolute Gasteiger partial charge is 0.496 e. The number of hydrogen-bond donors (Lipinski definition) is 2. The van der Waals surface area contributed by atoms with Crippen LogP contribution in [0.15, 0.2) is 28.8 Å². The Hall–Kier alpha value is -2.41. The first-order valence-electron chi connectivity index (χ1n) is 6.52. The Labute approximate surface area is 122 Å². The minimum absolute atomic E-state index is 0.171. The highest BCUT2D eigenvalue weighted by molar-refractivity contribution is 5.79. The third kappa shape index (κ3) is 3.57. The molecule has 0 fully saturated rings. The average molecular weight is 290 g/mol. The number of ether oxygens (including phenoxy) is 1. The minimum atomic E-state index is -0.528. The highest BCUT2D eigenvalue weighted by Gasteiger charge is 2.24. The first-order valence-corrected chi connectivity index (χ1v) is 6.52. The van der Waals surface area contributed by atoms with Crippen LogP contribution in [0.4, 0.5) is 0 Å². The maximum atomic E-state index is 11.9. The molecule has 1 atom stereocenters. The van der Waals surface area contributed by atoms with E-state index in [1.165, 1.54) is 0 Å². The van der Waals surface area contributed by atoms with Gasteiger partial charge in [0.25, 0.3) is 0 Å². The van der Waals surface area contributed by atoms with Crippen LogP contribution in [0.3, 0.4) is 0 Å². The summed E-state index contributed by atoms with van der Waals surface area (Å²) >= 11 is 0. The maximum Gasteiger partial charge on any atom is 0.234 e. The van der Waals surface area contributed by atoms with Crippen molar-refractivity contribution in [3.8, 4) is 5.75 Å². The van der Waals surface area contributed by atoms with Crippen molar-refractivity contribution < 1.29 is 14.1 Å². The Morgan fingerprint density at radius 3 is 2.81 bits per heavy atom. The van der Waals surface area contributed by atoms with Crippen molar-refractivity contribution in [1.29, 1.82) is 0 Å². The van der Waals surface area contributed by atoms with Gasteiger partial charge in [-0.2, -0.15) is 4.98 Å². The van der Waals surface area contributed by atoms with Gasteiger partial charge >= 0.3 is 0 Å². The number of aromatic nitrogens is 2. The van der Waals surface area contributed by atoms with E-state index in [2.05, 4.69) is 20.8 Å². The van der Waals surface area contributed by atoms with Crippen LogP contribution in [0.5, 0.6) is 5.75 Å². The minimum Gasteiger partial charge on any atom is -0.496 e. The number of likely N-dealkylation sites (N-methyl/N-ethyl adjacent to an activating group) is 1. The number of methoxy groups -OCH3 is 1. The van der Waals surface area contributed by atoms with Crippen LogP contribution >= 0.6 is 0 Å². The van der Waals surface area contributed by atoms with Gasteiger partial charge in [0.15, 0.2) is 5.82 Å². The van der Waals surface area contributed by atoms with Crippen LogP contribution in [-0.4, -0.2) is 36.8 Å². The van der Waals surface area contributed by atoms with E-state index in [9.17, 15) is 4.79 Å². The van der Waals surface area contributed by atoms with Gasteiger partial charge < -0.3 is 19.9 Å². The Morgan fingerprint density at radius 2 is 2.19 bits per heavy atom. The summed E-state index contributed by atoms with van der Waals surface area (Å²) in [6.45, 7) is 1.90. The van der Waals surface area contributed by atoms with Crippen LogP contribution in [0.25, 0.3) is 0 Å². The van der Waals surface area contributed by atoms with Crippen LogP contribution in [0.1, 0.15) is 23.3 Å². The lowest BCUT2D eigenvalue weighted by Crippen LogP contribution is -2.36. The normalized spacial score (nSPS) is 12.0. The number of nitrogens with one attached hydrogen (secondary N) is 2. The molecule has 1 heterocycles. The molecule has 1 unspecified atom stereocenters. The molecular formula is C14H18N4O3. The Kier molecular flexibility index (Phi) is 4.89. The van der Waals surface area contributed by atoms with E-state index >= 15 is 0 Å². The molecule has 112 valence electrons. The fourth-order valence-electron chi connectivity index (χ4n) is 1.99. The fourth-order valence-corrected chi connectivity index (χ4v) is 1.99. The third-order valence-corrected chi connectivity index (χ3v) is 2.89. The van der Waals surface area contributed by atoms with Gasteiger partial charge in [-0.05, 0) is 13.1 Å². The smallest absolute Gasteiger partial charge is 0.234 e. The topological polar surface area (TPSA) is 89.3 Å². The number of carbonyl (C=O) groups is 1. The molecule has 0 saturated heterocycles. The van der Waals surface area contributed by atoms with Gasteiger partial charge in [-0.15, -0.1) is 0 Å². The summed E-state index contributed by atoms with van der Waals surface area (Å²) in [5.41, 5.74) is 0.769. The quantitative estimate of drug-likeness (QED) is 0.818. The molecule has 0 spiro atoms. The summed E-state index contributed by atoms with van der Waals surface area (Å²) in [5.74, 6) is 1.31. The second-order valence-corrected chi connectivity index (χ2v) is 4.44. The van der Waals surface area contributed by atoms with Gasteiger partial charge in [0.1, 0.15) is 11.8 Å². The van der Waals surface area contributed by atoms with Gasteiger partial charge in [0, 0.05) is 12.5 Å². The average Bonchev–Trinajstić information content (AvgIpc) is 2.91. The van der Waals surface area contributed by atoms with Gasteiger partial charge in [-0.1, -0.05) is 23.4 Å². The fraction of sp³-hybridized carbons (Fsp3) is 0.357. The molecule has 7 nitrogen and oxygen atoms in total. The number of para-hydroxylation sites is 1. The number of rotatable bonds is 6. The number of amides is 1. The van der Waals surface area contributed by atoms with E-state index in [1.807, 2.05) is 24.3 Å². The molecule has 2 N–H and O–H groups in total. The van der Waals surface area contributed by atoms with E-state index in [0.29, 0.717) is 17.5 Å². The van der Waals surface area contributed by atoms with Gasteiger partial charge in [-0.25, -0.2) is 0 Å². The van der Waals surface area contributed by atoms with Crippen molar-refractivity contribution in [2.24, 2.45) is 0 Å². The van der Waals surface area contributed by atoms with Gasteiger partial charge in [-0.3, -0.25) is 4.79 Å². The molecule has 1 aromatic heterocycles. The summed E-state index contributed by atoms with van der Waals surface area (Å²) in [4.78, 5) is 16.1. The molecule has 7 heteroatoms. The number of carbonyl (C=O) groups excluding carboxylic acids is 1. The van der Waals surface area contributed by atoms with E-state index in [1.54, 1.807) is 21.1 Å². The van der Waals surface area contributed by atoms with Crippen molar-refractivity contribution in [3.63, 3.8) is 0 Å². The second kappa shape index (κ2) is 6.85. The predicted octanol–water partition coefficient (Wildman–Crippen LogP) is 0.812. The lowest BCUT2D eigenvalue weighted by atomic mass is 10.0. The lowest BCUT2D eigenvalue weighted by Gasteiger charge is -2.18. The molecule has 2 rings (SSSR count).